The topological polar surface area (TPSA) is 0 Å². The van der Waals surface area contributed by atoms with Crippen molar-refractivity contribution in [3.8, 4) is 0 Å². The van der Waals surface area contributed by atoms with E-state index in [0.29, 0.717) is 0 Å². The molecule has 0 saturated carbocycles. The maximum atomic E-state index is 3.65. The van der Waals surface area contributed by atoms with E-state index in [-0.39, 0.29) is 0 Å². The lowest BCUT2D eigenvalue weighted by atomic mass is 10.1. The molecule has 0 aliphatic heterocycles. The third-order valence-electron chi connectivity index (χ3n) is 2.42. The van der Waals surface area contributed by atoms with Crippen LogP contribution >= 0.6 is 0 Å². The zero-order chi connectivity index (χ0) is 10.2. The molecule has 0 aliphatic carbocycles. The average Bonchev–Trinajstić information content (AvgIpc) is 1.95. The van der Waals surface area contributed by atoms with Crippen molar-refractivity contribution in [1.29, 1.82) is 0 Å². The molecule has 0 fully saturated rings. The molecule has 0 N–H and O–H groups in total. The highest BCUT2D eigenvalue weighted by Crippen LogP contribution is 2.08. The van der Waals surface area contributed by atoms with Gasteiger partial charge in [0, 0.05) is 0 Å². The van der Waals surface area contributed by atoms with Crippen LogP contribution in [0.1, 0.15) is 11.1 Å². The second-order valence-electron chi connectivity index (χ2n) is 4.68. The lowest BCUT2D eigenvalue weighted by Crippen LogP contribution is -2.43. The molecule has 0 nitrogen and oxygen atoms in total. The molecule has 0 heterocycles. The SMILES string of the molecule is Cc1ccc([Si])c(C)c1[Si](C)(C)C. The molecular weight excluding hydrogens is 188 g/mol. The molecule has 0 atom stereocenters. The fourth-order valence-corrected chi connectivity index (χ4v) is 4.86. The molecule has 1 aromatic carbocycles. The van der Waals surface area contributed by atoms with E-state index >= 15 is 0 Å². The van der Waals surface area contributed by atoms with Crippen LogP contribution in [0.4, 0.5) is 0 Å². The van der Waals surface area contributed by atoms with Gasteiger partial charge in [-0.05, 0) is 13.8 Å². The predicted molar refractivity (Wildman–Crippen MR) is 64.3 cm³/mol. The van der Waals surface area contributed by atoms with E-state index in [2.05, 4.69) is 55.9 Å². The van der Waals surface area contributed by atoms with Crippen molar-refractivity contribution in [1.82, 2.24) is 0 Å². The van der Waals surface area contributed by atoms with Crippen molar-refractivity contribution >= 4 is 28.7 Å². The van der Waals surface area contributed by atoms with Gasteiger partial charge in [0.15, 0.2) is 0 Å². The van der Waals surface area contributed by atoms with Crippen molar-refractivity contribution in [3.05, 3.63) is 23.3 Å². The lowest BCUT2D eigenvalue weighted by Gasteiger charge is -2.23. The maximum absolute atomic E-state index is 3.65. The molecule has 0 aromatic heterocycles. The minimum absolute atomic E-state index is 1.18. The van der Waals surface area contributed by atoms with Crippen LogP contribution in [0.25, 0.3) is 0 Å². The van der Waals surface area contributed by atoms with Crippen molar-refractivity contribution in [3.63, 3.8) is 0 Å². The van der Waals surface area contributed by atoms with Gasteiger partial charge < -0.3 is 0 Å². The standard InChI is InChI=1S/C11H17Si2/c1-8-6-7-10(12)9(2)11(8)13(3,4)5/h6-7H,1-5H3. The van der Waals surface area contributed by atoms with E-state index in [1.807, 2.05) is 0 Å². The molecule has 0 aliphatic rings. The summed E-state index contributed by atoms with van der Waals surface area (Å²) in [6, 6.07) is 4.36. The van der Waals surface area contributed by atoms with E-state index < -0.39 is 8.07 Å². The van der Waals surface area contributed by atoms with Crippen LogP contribution < -0.4 is 10.4 Å². The van der Waals surface area contributed by atoms with Crippen molar-refractivity contribution in [2.45, 2.75) is 33.5 Å². The smallest absolute Gasteiger partial charge is 0.0656 e. The third-order valence-corrected chi connectivity index (χ3v) is 5.23. The molecule has 69 valence electrons. The molecule has 0 bridgehead atoms. The van der Waals surface area contributed by atoms with Gasteiger partial charge in [0.25, 0.3) is 0 Å². The first-order valence-corrected chi connectivity index (χ1v) is 8.66. The number of rotatable bonds is 1. The van der Waals surface area contributed by atoms with E-state index in [1.165, 1.54) is 16.3 Å². The van der Waals surface area contributed by atoms with E-state index in [1.54, 1.807) is 5.19 Å². The summed E-state index contributed by atoms with van der Waals surface area (Å²) in [6.45, 7) is 11.6. The fraction of sp³-hybridized carbons (Fsp3) is 0.455. The Morgan fingerprint density at radius 2 is 1.62 bits per heavy atom. The second kappa shape index (κ2) is 3.42. The number of benzene rings is 1. The summed E-state index contributed by atoms with van der Waals surface area (Å²) >= 11 is 0. The molecule has 3 radical (unpaired) electrons. The quantitative estimate of drug-likeness (QED) is 0.612. The van der Waals surface area contributed by atoms with Gasteiger partial charge in [-0.25, -0.2) is 0 Å². The molecule has 13 heavy (non-hydrogen) atoms. The van der Waals surface area contributed by atoms with Crippen LogP contribution in [0, 0.1) is 13.8 Å². The number of aryl methyl sites for hydroxylation is 1. The molecule has 0 amide bonds. The van der Waals surface area contributed by atoms with Crippen molar-refractivity contribution in [2.24, 2.45) is 0 Å². The minimum atomic E-state index is -1.18. The summed E-state index contributed by atoms with van der Waals surface area (Å²) in [4.78, 5) is 0. The maximum Gasteiger partial charge on any atom is 0.0782 e. The fourth-order valence-electron chi connectivity index (χ4n) is 2.00. The molecule has 1 aromatic rings. The second-order valence-corrected chi connectivity index (χ2v) is 10.2. The molecule has 1 rings (SSSR count). The normalized spacial score (nSPS) is 11.8. The first kappa shape index (κ1) is 10.7. The summed E-state index contributed by atoms with van der Waals surface area (Å²) < 4.78 is 0. The van der Waals surface area contributed by atoms with Gasteiger partial charge in [0.1, 0.15) is 0 Å². The van der Waals surface area contributed by atoms with Gasteiger partial charge in [-0.1, -0.05) is 53.3 Å². The Kier molecular flexibility index (Phi) is 2.83. The van der Waals surface area contributed by atoms with Crippen LogP contribution in [0.3, 0.4) is 0 Å². The van der Waals surface area contributed by atoms with E-state index in [4.69, 9.17) is 0 Å². The minimum Gasteiger partial charge on any atom is -0.0656 e. The third kappa shape index (κ3) is 2.12. The van der Waals surface area contributed by atoms with Gasteiger partial charge in [-0.2, -0.15) is 0 Å². The predicted octanol–water partition coefficient (Wildman–Crippen LogP) is 1.64. The van der Waals surface area contributed by atoms with Gasteiger partial charge >= 0.3 is 0 Å². The average molecular weight is 205 g/mol. The van der Waals surface area contributed by atoms with Gasteiger partial charge in [-0.15, -0.1) is 0 Å². The Morgan fingerprint density at radius 3 is 2.00 bits per heavy atom. The Labute approximate surface area is 85.8 Å². The Hall–Kier alpha value is -0.346. The Morgan fingerprint density at radius 1 is 1.08 bits per heavy atom. The number of hydrogen-bond donors (Lipinski definition) is 0. The zero-order valence-electron chi connectivity index (χ0n) is 9.15. The van der Waals surface area contributed by atoms with Crippen molar-refractivity contribution < 1.29 is 0 Å². The van der Waals surface area contributed by atoms with Gasteiger partial charge in [-0.3, -0.25) is 0 Å². The van der Waals surface area contributed by atoms with Crippen LogP contribution in [-0.4, -0.2) is 18.3 Å². The lowest BCUT2D eigenvalue weighted by molar-refractivity contribution is 1.43. The number of hydrogen-bond acceptors (Lipinski definition) is 0. The summed E-state index contributed by atoms with van der Waals surface area (Å²) in [7, 11) is 2.46. The van der Waals surface area contributed by atoms with E-state index in [9.17, 15) is 0 Å². The summed E-state index contributed by atoms with van der Waals surface area (Å²) in [5.74, 6) is 0. The molecule has 0 unspecified atom stereocenters. The highest BCUT2D eigenvalue weighted by Gasteiger charge is 2.21. The van der Waals surface area contributed by atoms with Gasteiger partial charge in [0.2, 0.25) is 0 Å². The molecular formula is C11H17Si2. The monoisotopic (exact) mass is 205 g/mol. The highest BCUT2D eigenvalue weighted by atomic mass is 28.3. The largest absolute Gasteiger partial charge is 0.0782 e. The zero-order valence-corrected chi connectivity index (χ0v) is 11.2. The van der Waals surface area contributed by atoms with Gasteiger partial charge in [0.05, 0.1) is 18.3 Å². The summed E-state index contributed by atoms with van der Waals surface area (Å²) in [6.07, 6.45) is 0. The van der Waals surface area contributed by atoms with Crippen molar-refractivity contribution in [2.75, 3.05) is 0 Å². The summed E-state index contributed by atoms with van der Waals surface area (Å²) in [5, 5.41) is 2.84. The first-order chi connectivity index (χ1) is 5.84. The van der Waals surface area contributed by atoms with Crippen LogP contribution in [0.15, 0.2) is 12.1 Å². The molecule has 0 spiro atoms. The Balaban J connectivity index is 3.43. The highest BCUT2D eigenvalue weighted by molar-refractivity contribution is 6.89. The summed E-state index contributed by atoms with van der Waals surface area (Å²) in [5.41, 5.74) is 2.87. The van der Waals surface area contributed by atoms with Crippen LogP contribution in [0.2, 0.25) is 19.6 Å². The van der Waals surface area contributed by atoms with Crippen LogP contribution in [0.5, 0.6) is 0 Å². The van der Waals surface area contributed by atoms with E-state index in [0.717, 1.165) is 0 Å². The Bertz CT molecular complexity index is 322. The molecule has 2 heteroatoms. The first-order valence-electron chi connectivity index (χ1n) is 4.66. The van der Waals surface area contributed by atoms with Crippen LogP contribution in [-0.2, 0) is 0 Å². The molecule has 0 saturated heterocycles.